The first-order valence-electron chi connectivity index (χ1n) is 5.16. The molecule has 4 heteroatoms. The lowest BCUT2D eigenvalue weighted by Gasteiger charge is -2.22. The molecule has 1 saturated carbocycles. The van der Waals surface area contributed by atoms with Crippen molar-refractivity contribution in [1.29, 1.82) is 0 Å². The minimum absolute atomic E-state index is 0.00336. The molecule has 0 saturated heterocycles. The molecule has 0 heterocycles. The Kier molecular flexibility index (Phi) is 2.69. The van der Waals surface area contributed by atoms with Crippen LogP contribution in [0.15, 0.2) is 12.2 Å². The van der Waals surface area contributed by atoms with Gasteiger partial charge in [0.25, 0.3) is 0 Å². The number of esters is 1. The molecule has 4 atom stereocenters. The average Bonchev–Trinajstić information content (AvgIpc) is 2.84. The summed E-state index contributed by atoms with van der Waals surface area (Å²) in [7, 11) is 0. The molecule has 0 amide bonds. The number of hydrogen-bond acceptors (Lipinski definition) is 3. The van der Waals surface area contributed by atoms with Crippen molar-refractivity contribution in [2.24, 2.45) is 23.7 Å². The van der Waals surface area contributed by atoms with Crippen LogP contribution in [0.5, 0.6) is 0 Å². The maximum atomic E-state index is 11.7. The molecule has 0 unspecified atom stereocenters. The number of carbonyl (C=O) groups is 2. The summed E-state index contributed by atoms with van der Waals surface area (Å²) in [6.45, 7) is -0.0945. The Morgan fingerprint density at radius 3 is 2.56 bits per heavy atom. The van der Waals surface area contributed by atoms with E-state index in [2.05, 4.69) is 5.92 Å². The normalized spacial score (nSPS) is 34.7. The van der Waals surface area contributed by atoms with E-state index in [9.17, 15) is 9.59 Å². The van der Waals surface area contributed by atoms with E-state index in [1.54, 1.807) is 0 Å². The van der Waals surface area contributed by atoms with Gasteiger partial charge >= 0.3 is 11.9 Å². The first kappa shape index (κ1) is 10.7. The molecule has 1 fully saturated rings. The Morgan fingerprint density at radius 2 is 2.00 bits per heavy atom. The maximum Gasteiger partial charge on any atom is 0.311 e. The Balaban J connectivity index is 2.14. The molecule has 0 spiro atoms. The highest BCUT2D eigenvalue weighted by molar-refractivity contribution is 5.83. The van der Waals surface area contributed by atoms with Gasteiger partial charge in [0.2, 0.25) is 0 Å². The third-order valence-corrected chi connectivity index (χ3v) is 3.31. The maximum absolute atomic E-state index is 11.7. The SMILES string of the molecule is C#CCOC(=O)[C@H]1[C@@H](C(=O)O)[C@H]2C=C[C@@H]1C2. The van der Waals surface area contributed by atoms with Crippen LogP contribution in [-0.2, 0) is 14.3 Å². The molecule has 1 N–H and O–H groups in total. The average molecular weight is 220 g/mol. The van der Waals surface area contributed by atoms with Crippen molar-refractivity contribution in [3.05, 3.63) is 12.2 Å². The van der Waals surface area contributed by atoms with Crippen LogP contribution in [0.25, 0.3) is 0 Å². The van der Waals surface area contributed by atoms with E-state index in [-0.39, 0.29) is 18.4 Å². The number of ether oxygens (including phenoxy) is 1. The van der Waals surface area contributed by atoms with Crippen molar-refractivity contribution in [3.8, 4) is 12.3 Å². The number of rotatable bonds is 3. The lowest BCUT2D eigenvalue weighted by Crippen LogP contribution is -2.34. The summed E-state index contributed by atoms with van der Waals surface area (Å²) in [5, 5.41) is 9.10. The Labute approximate surface area is 93.3 Å². The summed E-state index contributed by atoms with van der Waals surface area (Å²) in [4.78, 5) is 22.8. The fourth-order valence-corrected chi connectivity index (χ4v) is 2.69. The van der Waals surface area contributed by atoms with Gasteiger partial charge in [-0.2, -0.15) is 0 Å². The summed E-state index contributed by atoms with van der Waals surface area (Å²) >= 11 is 0. The molecule has 4 nitrogen and oxygen atoms in total. The highest BCUT2D eigenvalue weighted by Crippen LogP contribution is 2.48. The smallest absolute Gasteiger partial charge is 0.311 e. The molecule has 0 radical (unpaired) electrons. The first-order chi connectivity index (χ1) is 7.65. The van der Waals surface area contributed by atoms with Crippen LogP contribution >= 0.6 is 0 Å². The first-order valence-corrected chi connectivity index (χ1v) is 5.16. The summed E-state index contributed by atoms with van der Waals surface area (Å²) in [5.41, 5.74) is 0. The van der Waals surface area contributed by atoms with E-state index in [1.165, 1.54) is 0 Å². The van der Waals surface area contributed by atoms with Crippen molar-refractivity contribution in [2.45, 2.75) is 6.42 Å². The van der Waals surface area contributed by atoms with Gasteiger partial charge in [-0.3, -0.25) is 9.59 Å². The van der Waals surface area contributed by atoms with E-state index < -0.39 is 23.8 Å². The second-order valence-corrected chi connectivity index (χ2v) is 4.15. The topological polar surface area (TPSA) is 63.6 Å². The Morgan fingerprint density at radius 1 is 1.38 bits per heavy atom. The zero-order valence-corrected chi connectivity index (χ0v) is 8.63. The standard InChI is InChI=1S/C12H12O4/c1-2-5-16-12(15)10-8-4-3-7(6-8)9(10)11(13)14/h1,3-4,7-10H,5-6H2,(H,13,14)/t7-,8+,9-,10+/m0/s1. The summed E-state index contributed by atoms with van der Waals surface area (Å²) < 4.78 is 4.84. The zero-order chi connectivity index (χ0) is 11.7. The fraction of sp³-hybridized carbons (Fsp3) is 0.500. The molecular formula is C12H12O4. The quantitative estimate of drug-likeness (QED) is 0.431. The van der Waals surface area contributed by atoms with Crippen LogP contribution in [0.4, 0.5) is 0 Å². The lowest BCUT2D eigenvalue weighted by molar-refractivity contribution is -0.157. The van der Waals surface area contributed by atoms with Crippen molar-refractivity contribution < 1.29 is 19.4 Å². The summed E-state index contributed by atoms with van der Waals surface area (Å²) in [6, 6.07) is 0. The second-order valence-electron chi connectivity index (χ2n) is 4.15. The molecule has 2 aliphatic carbocycles. The van der Waals surface area contributed by atoms with E-state index >= 15 is 0 Å². The van der Waals surface area contributed by atoms with Gasteiger partial charge in [-0.05, 0) is 18.3 Å². The minimum Gasteiger partial charge on any atom is -0.481 e. The van der Waals surface area contributed by atoms with Crippen LogP contribution in [0, 0.1) is 36.0 Å². The number of fused-ring (bicyclic) bond motifs is 2. The van der Waals surface area contributed by atoms with E-state index in [0.29, 0.717) is 0 Å². The molecule has 2 bridgehead atoms. The van der Waals surface area contributed by atoms with Crippen LogP contribution in [0.2, 0.25) is 0 Å². The predicted molar refractivity (Wildman–Crippen MR) is 55.1 cm³/mol. The van der Waals surface area contributed by atoms with Gasteiger partial charge in [0, 0.05) is 0 Å². The highest BCUT2D eigenvalue weighted by Gasteiger charge is 2.52. The van der Waals surface area contributed by atoms with Gasteiger partial charge < -0.3 is 9.84 Å². The van der Waals surface area contributed by atoms with Gasteiger partial charge in [-0.1, -0.05) is 18.1 Å². The molecule has 0 aromatic rings. The molecule has 16 heavy (non-hydrogen) atoms. The van der Waals surface area contributed by atoms with Crippen LogP contribution in [-0.4, -0.2) is 23.7 Å². The van der Waals surface area contributed by atoms with Crippen molar-refractivity contribution in [2.75, 3.05) is 6.61 Å². The number of allylic oxidation sites excluding steroid dienone is 2. The molecule has 2 rings (SSSR count). The number of aliphatic carboxylic acids is 1. The third-order valence-electron chi connectivity index (χ3n) is 3.31. The zero-order valence-electron chi connectivity index (χ0n) is 8.63. The highest BCUT2D eigenvalue weighted by atomic mass is 16.5. The van der Waals surface area contributed by atoms with Gasteiger partial charge in [-0.15, -0.1) is 6.42 Å². The van der Waals surface area contributed by atoms with E-state index in [0.717, 1.165) is 6.42 Å². The largest absolute Gasteiger partial charge is 0.481 e. The Hall–Kier alpha value is -1.76. The molecule has 0 aliphatic heterocycles. The van der Waals surface area contributed by atoms with Crippen molar-refractivity contribution in [1.82, 2.24) is 0 Å². The lowest BCUT2D eigenvalue weighted by atomic mass is 9.83. The number of carboxylic acid groups (broad SMARTS) is 1. The summed E-state index contributed by atoms with van der Waals surface area (Å²) in [5.74, 6) is -0.474. The van der Waals surface area contributed by atoms with E-state index in [1.807, 2.05) is 12.2 Å². The molecular weight excluding hydrogens is 208 g/mol. The van der Waals surface area contributed by atoms with Gasteiger partial charge in [-0.25, -0.2) is 0 Å². The van der Waals surface area contributed by atoms with Crippen molar-refractivity contribution >= 4 is 11.9 Å². The number of carboxylic acids is 1. The van der Waals surface area contributed by atoms with Crippen molar-refractivity contribution in [3.63, 3.8) is 0 Å². The molecule has 2 aliphatic rings. The Bertz CT molecular complexity index is 390. The number of carbonyl (C=O) groups excluding carboxylic acids is 1. The van der Waals surface area contributed by atoms with Gasteiger partial charge in [0.05, 0.1) is 11.8 Å². The monoisotopic (exact) mass is 220 g/mol. The second kappa shape index (κ2) is 4.01. The van der Waals surface area contributed by atoms with Crippen LogP contribution < -0.4 is 0 Å². The van der Waals surface area contributed by atoms with Gasteiger partial charge in [0.1, 0.15) is 0 Å². The van der Waals surface area contributed by atoms with Crippen LogP contribution in [0.1, 0.15) is 6.42 Å². The fourth-order valence-electron chi connectivity index (χ4n) is 2.69. The summed E-state index contributed by atoms with van der Waals surface area (Å²) in [6.07, 6.45) is 9.51. The minimum atomic E-state index is -0.931. The molecule has 0 aromatic heterocycles. The number of hydrogen-bond donors (Lipinski definition) is 1. The molecule has 0 aromatic carbocycles. The molecule has 84 valence electrons. The van der Waals surface area contributed by atoms with E-state index in [4.69, 9.17) is 16.3 Å². The van der Waals surface area contributed by atoms with Gasteiger partial charge in [0.15, 0.2) is 6.61 Å². The third kappa shape index (κ3) is 1.58. The number of terminal acetylenes is 1. The van der Waals surface area contributed by atoms with Crippen LogP contribution in [0.3, 0.4) is 0 Å². The predicted octanol–water partition coefficient (Wildman–Crippen LogP) is 0.686.